The van der Waals surface area contributed by atoms with Gasteiger partial charge >= 0.3 is 5.97 Å². The second-order valence-electron chi connectivity index (χ2n) is 5.54. The van der Waals surface area contributed by atoms with E-state index in [9.17, 15) is 4.79 Å². The zero-order valence-electron chi connectivity index (χ0n) is 13.2. The Morgan fingerprint density at radius 3 is 2.38 bits per heavy atom. The number of carbonyl (C=O) groups excluding carboxylic acids is 1. The van der Waals surface area contributed by atoms with Crippen LogP contribution in [0.5, 0.6) is 5.75 Å². The number of carbonyl (C=O) groups is 1. The first-order chi connectivity index (χ1) is 9.97. The zero-order valence-corrected chi connectivity index (χ0v) is 13.2. The normalized spacial score (nSPS) is 16.1. The van der Waals surface area contributed by atoms with E-state index in [1.54, 1.807) is 13.0 Å². The van der Waals surface area contributed by atoms with E-state index < -0.39 is 0 Å². The summed E-state index contributed by atoms with van der Waals surface area (Å²) >= 11 is 0. The molecule has 0 bridgehead atoms. The van der Waals surface area contributed by atoms with Crippen molar-refractivity contribution in [3.8, 4) is 5.75 Å². The van der Waals surface area contributed by atoms with Crippen LogP contribution in [0.4, 0.5) is 0 Å². The van der Waals surface area contributed by atoms with Crippen molar-refractivity contribution in [2.45, 2.75) is 40.5 Å². The van der Waals surface area contributed by atoms with Crippen LogP contribution in [0.2, 0.25) is 0 Å². The number of rotatable bonds is 5. The summed E-state index contributed by atoms with van der Waals surface area (Å²) in [6, 6.07) is 4.27. The molecule has 0 saturated carbocycles. The Labute approximate surface area is 126 Å². The van der Waals surface area contributed by atoms with Crippen LogP contribution < -0.4 is 4.74 Å². The minimum Gasteiger partial charge on any atom is -0.493 e. The second-order valence-corrected chi connectivity index (χ2v) is 5.54. The van der Waals surface area contributed by atoms with Crippen LogP contribution in [0, 0.1) is 20.8 Å². The van der Waals surface area contributed by atoms with E-state index in [4.69, 9.17) is 9.47 Å². The Balaban J connectivity index is 1.81. The van der Waals surface area contributed by atoms with Gasteiger partial charge in [-0.15, -0.1) is 0 Å². The van der Waals surface area contributed by atoms with Crippen molar-refractivity contribution in [2.24, 2.45) is 0 Å². The summed E-state index contributed by atoms with van der Waals surface area (Å²) in [4.78, 5) is 11.2. The van der Waals surface area contributed by atoms with E-state index >= 15 is 0 Å². The minimum atomic E-state index is -0.247. The Morgan fingerprint density at radius 1 is 1.14 bits per heavy atom. The predicted molar refractivity (Wildman–Crippen MR) is 83.3 cm³/mol. The Hall–Kier alpha value is -2.03. The lowest BCUT2D eigenvalue weighted by atomic mass is 10.1. The molecule has 1 aromatic rings. The molecule has 21 heavy (non-hydrogen) atoms. The van der Waals surface area contributed by atoms with Crippen LogP contribution in [0.25, 0.3) is 0 Å². The van der Waals surface area contributed by atoms with Gasteiger partial charge in [0.2, 0.25) is 0 Å². The molecule has 112 valence electrons. The maximum atomic E-state index is 11.2. The van der Waals surface area contributed by atoms with E-state index in [1.807, 2.05) is 6.08 Å². The largest absolute Gasteiger partial charge is 0.493 e. The highest BCUT2D eigenvalue weighted by atomic mass is 16.5. The van der Waals surface area contributed by atoms with Gasteiger partial charge in [-0.25, -0.2) is 4.79 Å². The molecule has 0 N–H and O–H groups in total. The van der Waals surface area contributed by atoms with Gasteiger partial charge in [0.05, 0.1) is 6.61 Å². The lowest BCUT2D eigenvalue weighted by molar-refractivity contribution is -0.133. The number of aryl methyl sites for hydroxylation is 3. The number of cyclic esters (lactones) is 1. The Morgan fingerprint density at radius 2 is 1.81 bits per heavy atom. The van der Waals surface area contributed by atoms with Crippen molar-refractivity contribution < 1.29 is 14.3 Å². The maximum Gasteiger partial charge on any atom is 0.339 e. The molecule has 1 aromatic carbocycles. The van der Waals surface area contributed by atoms with Crippen molar-refractivity contribution in [3.63, 3.8) is 0 Å². The molecule has 3 nitrogen and oxygen atoms in total. The summed E-state index contributed by atoms with van der Waals surface area (Å²) in [6.45, 7) is 8.65. The lowest BCUT2D eigenvalue weighted by Gasteiger charge is -2.12. The molecule has 1 aliphatic heterocycles. The molecule has 0 fully saturated rings. The molecular formula is C18H22O3. The standard InChI is InChI=1S/C18H22O3/c1-12-9-13(2)17(14(3)10-12)20-8-6-5-7-16-11-15(4)18(19)21-16/h7,9-11H,5-6,8H2,1-4H3/b16-7-. The van der Waals surface area contributed by atoms with Crippen molar-refractivity contribution in [1.29, 1.82) is 0 Å². The number of hydrogen-bond acceptors (Lipinski definition) is 3. The van der Waals surface area contributed by atoms with Gasteiger partial charge in [-0.1, -0.05) is 17.7 Å². The monoisotopic (exact) mass is 286 g/mol. The summed E-state index contributed by atoms with van der Waals surface area (Å²) < 4.78 is 11.0. The summed E-state index contributed by atoms with van der Waals surface area (Å²) in [5.74, 6) is 1.39. The van der Waals surface area contributed by atoms with Crippen LogP contribution in [-0.2, 0) is 9.53 Å². The SMILES string of the molecule is CC1=C/C(=C/CCCOc2c(C)cc(C)cc2C)OC1=O. The maximum absolute atomic E-state index is 11.2. The fourth-order valence-corrected chi connectivity index (χ4v) is 2.49. The van der Waals surface area contributed by atoms with Gasteiger partial charge < -0.3 is 9.47 Å². The summed E-state index contributed by atoms with van der Waals surface area (Å²) in [7, 11) is 0. The molecule has 0 atom stereocenters. The highest BCUT2D eigenvalue weighted by molar-refractivity contribution is 5.92. The average molecular weight is 286 g/mol. The Bertz CT molecular complexity index is 586. The minimum absolute atomic E-state index is 0.247. The Kier molecular flexibility index (Phi) is 4.84. The van der Waals surface area contributed by atoms with E-state index in [0.29, 0.717) is 17.9 Å². The van der Waals surface area contributed by atoms with Gasteiger partial charge in [0.15, 0.2) is 0 Å². The van der Waals surface area contributed by atoms with Crippen LogP contribution in [-0.4, -0.2) is 12.6 Å². The van der Waals surface area contributed by atoms with E-state index in [2.05, 4.69) is 32.9 Å². The third-order valence-corrected chi connectivity index (χ3v) is 3.44. The molecule has 0 saturated heterocycles. The fraction of sp³-hybridized carbons (Fsp3) is 0.389. The quantitative estimate of drug-likeness (QED) is 0.602. The molecule has 2 rings (SSSR count). The molecule has 0 radical (unpaired) electrons. The molecule has 0 aliphatic carbocycles. The molecule has 0 spiro atoms. The smallest absolute Gasteiger partial charge is 0.339 e. The van der Waals surface area contributed by atoms with Gasteiger partial charge in [0.1, 0.15) is 11.5 Å². The third-order valence-electron chi connectivity index (χ3n) is 3.44. The summed E-state index contributed by atoms with van der Waals surface area (Å²) in [6.07, 6.45) is 5.43. The second kappa shape index (κ2) is 6.61. The average Bonchev–Trinajstić information content (AvgIpc) is 2.71. The van der Waals surface area contributed by atoms with Crippen LogP contribution in [0.3, 0.4) is 0 Å². The highest BCUT2D eigenvalue weighted by Crippen LogP contribution is 2.24. The number of esters is 1. The number of unbranched alkanes of at least 4 members (excludes halogenated alkanes) is 1. The highest BCUT2D eigenvalue weighted by Gasteiger charge is 2.15. The first kappa shape index (κ1) is 15.4. The van der Waals surface area contributed by atoms with Gasteiger partial charge in [-0.2, -0.15) is 0 Å². The fourth-order valence-electron chi connectivity index (χ4n) is 2.49. The topological polar surface area (TPSA) is 35.5 Å². The van der Waals surface area contributed by atoms with Gasteiger partial charge in [-0.3, -0.25) is 0 Å². The van der Waals surface area contributed by atoms with Crippen molar-refractivity contribution in [1.82, 2.24) is 0 Å². The molecule has 0 amide bonds. The lowest BCUT2D eigenvalue weighted by Crippen LogP contribution is -2.01. The van der Waals surface area contributed by atoms with E-state index in [1.165, 1.54) is 16.7 Å². The molecular weight excluding hydrogens is 264 g/mol. The number of ether oxygens (including phenoxy) is 2. The van der Waals surface area contributed by atoms with Gasteiger partial charge in [0.25, 0.3) is 0 Å². The summed E-state index contributed by atoms with van der Waals surface area (Å²) in [5, 5.41) is 0. The van der Waals surface area contributed by atoms with Crippen molar-refractivity contribution in [3.05, 3.63) is 52.3 Å². The van der Waals surface area contributed by atoms with E-state index in [-0.39, 0.29) is 5.97 Å². The van der Waals surface area contributed by atoms with Crippen LogP contribution in [0.15, 0.2) is 35.6 Å². The number of hydrogen-bond donors (Lipinski definition) is 0. The van der Waals surface area contributed by atoms with Gasteiger partial charge in [-0.05, 0) is 63.8 Å². The van der Waals surface area contributed by atoms with E-state index in [0.717, 1.165) is 18.6 Å². The van der Waals surface area contributed by atoms with Crippen molar-refractivity contribution in [2.75, 3.05) is 6.61 Å². The number of benzene rings is 1. The first-order valence-corrected chi connectivity index (χ1v) is 7.28. The number of allylic oxidation sites excluding steroid dienone is 2. The zero-order chi connectivity index (χ0) is 15.4. The summed E-state index contributed by atoms with van der Waals surface area (Å²) in [5.41, 5.74) is 4.26. The van der Waals surface area contributed by atoms with Crippen molar-refractivity contribution >= 4 is 5.97 Å². The van der Waals surface area contributed by atoms with Gasteiger partial charge in [0, 0.05) is 5.57 Å². The molecule has 0 aromatic heterocycles. The third kappa shape index (κ3) is 3.97. The first-order valence-electron chi connectivity index (χ1n) is 7.28. The molecule has 0 unspecified atom stereocenters. The molecule has 1 aliphatic rings. The predicted octanol–water partition coefficient (Wildman–Crippen LogP) is 4.16. The van der Waals surface area contributed by atoms with Crippen LogP contribution >= 0.6 is 0 Å². The molecule has 3 heteroatoms. The molecule has 1 heterocycles. The van der Waals surface area contributed by atoms with Crippen LogP contribution in [0.1, 0.15) is 36.5 Å².